The molecule has 2 aliphatic heterocycles. The van der Waals surface area contributed by atoms with E-state index in [1.165, 1.54) is 17.8 Å². The molecule has 1 N–H and O–H groups in total. The fraction of sp³-hybridized carbons (Fsp3) is 0.424. The average molecular weight is 650 g/mol. The third kappa shape index (κ3) is 7.19. The molecule has 2 aromatic carbocycles. The predicted octanol–water partition coefficient (Wildman–Crippen LogP) is 6.21. The molecule has 0 unspecified atom stereocenters. The highest BCUT2D eigenvalue weighted by molar-refractivity contribution is 7.89. The van der Waals surface area contributed by atoms with Crippen LogP contribution in [0.2, 0.25) is 0 Å². The summed E-state index contributed by atoms with van der Waals surface area (Å²) in [6.07, 6.45) is 3.14. The van der Waals surface area contributed by atoms with Crippen LogP contribution >= 0.6 is 11.3 Å². The standard InChI is InChI=1S/C33H40FN7O2S2/c1-4-45(42,43)41-17-14-25(15-18-41)32-38-30(24-5-7-26(34)8-6-24)31(44-32)29-13-16-35-33(37-29)36-27-9-11-28(12-10-27)40-21-19-39(20-22-40)23(2)3/h5-13,16,23,25H,4,14-15,17-22H2,1-3H3,(H,35,36,37). The average Bonchev–Trinajstić information content (AvgIpc) is 3.51. The minimum absolute atomic E-state index is 0.109. The first-order valence-corrected chi connectivity index (χ1v) is 18.1. The van der Waals surface area contributed by atoms with Crippen LogP contribution in [0.25, 0.3) is 21.8 Å². The van der Waals surface area contributed by atoms with E-state index in [1.54, 1.807) is 40.9 Å². The summed E-state index contributed by atoms with van der Waals surface area (Å²) in [5, 5.41) is 4.29. The molecule has 45 heavy (non-hydrogen) atoms. The Morgan fingerprint density at radius 2 is 1.62 bits per heavy atom. The van der Waals surface area contributed by atoms with Gasteiger partial charge in [-0.05, 0) is 88.2 Å². The first kappa shape index (κ1) is 31.5. The van der Waals surface area contributed by atoms with Crippen LogP contribution in [0.1, 0.15) is 44.5 Å². The van der Waals surface area contributed by atoms with Crippen molar-refractivity contribution in [3.05, 3.63) is 71.6 Å². The van der Waals surface area contributed by atoms with Crippen LogP contribution < -0.4 is 10.2 Å². The Kier molecular flexibility index (Phi) is 9.46. The summed E-state index contributed by atoms with van der Waals surface area (Å²) in [5.41, 5.74) is 4.37. The molecule has 238 valence electrons. The highest BCUT2D eigenvalue weighted by Crippen LogP contribution is 2.41. The predicted molar refractivity (Wildman–Crippen MR) is 180 cm³/mol. The van der Waals surface area contributed by atoms with Crippen molar-refractivity contribution in [2.45, 2.75) is 45.6 Å². The van der Waals surface area contributed by atoms with Gasteiger partial charge in [-0.1, -0.05) is 0 Å². The van der Waals surface area contributed by atoms with Crippen LogP contribution in [0, 0.1) is 5.82 Å². The van der Waals surface area contributed by atoms with Crippen LogP contribution in [0.4, 0.5) is 21.7 Å². The van der Waals surface area contributed by atoms with E-state index in [1.807, 2.05) is 6.07 Å². The second kappa shape index (κ2) is 13.5. The number of halogens is 1. The van der Waals surface area contributed by atoms with Crippen LogP contribution in [-0.2, 0) is 10.0 Å². The number of rotatable bonds is 9. The van der Waals surface area contributed by atoms with Gasteiger partial charge in [0.25, 0.3) is 0 Å². The smallest absolute Gasteiger partial charge is 0.227 e. The zero-order chi connectivity index (χ0) is 31.6. The number of sulfonamides is 1. The minimum atomic E-state index is -3.21. The molecule has 0 saturated carbocycles. The second-order valence-corrected chi connectivity index (χ2v) is 15.2. The Labute approximate surface area is 269 Å². The molecule has 9 nitrogen and oxygen atoms in total. The lowest BCUT2D eigenvalue weighted by atomic mass is 9.99. The summed E-state index contributed by atoms with van der Waals surface area (Å²) in [5.74, 6) is 0.414. The van der Waals surface area contributed by atoms with E-state index in [9.17, 15) is 12.8 Å². The highest BCUT2D eigenvalue weighted by Gasteiger charge is 2.30. The molecule has 0 bridgehead atoms. The van der Waals surface area contributed by atoms with Crippen LogP contribution in [0.5, 0.6) is 0 Å². The van der Waals surface area contributed by atoms with E-state index in [0.717, 1.165) is 58.7 Å². The van der Waals surface area contributed by atoms with E-state index < -0.39 is 10.0 Å². The zero-order valence-electron chi connectivity index (χ0n) is 26.0. The van der Waals surface area contributed by atoms with Gasteiger partial charge in [0.05, 0.1) is 27.0 Å². The van der Waals surface area contributed by atoms with Crippen molar-refractivity contribution in [2.24, 2.45) is 0 Å². The number of hydrogen-bond acceptors (Lipinski definition) is 9. The van der Waals surface area contributed by atoms with E-state index in [0.29, 0.717) is 37.9 Å². The molecule has 2 fully saturated rings. The van der Waals surface area contributed by atoms with Gasteiger partial charge in [-0.2, -0.15) is 0 Å². The van der Waals surface area contributed by atoms with Crippen LogP contribution in [0.15, 0.2) is 60.8 Å². The Morgan fingerprint density at radius 1 is 0.933 bits per heavy atom. The van der Waals surface area contributed by atoms with Gasteiger partial charge >= 0.3 is 0 Å². The monoisotopic (exact) mass is 649 g/mol. The van der Waals surface area contributed by atoms with Crippen molar-refractivity contribution in [1.29, 1.82) is 0 Å². The van der Waals surface area contributed by atoms with Crippen molar-refractivity contribution in [2.75, 3.05) is 55.2 Å². The molecular formula is C33H40FN7O2S2. The molecule has 2 saturated heterocycles. The van der Waals surface area contributed by atoms with Crippen molar-refractivity contribution in [3.63, 3.8) is 0 Å². The number of anilines is 3. The van der Waals surface area contributed by atoms with Gasteiger partial charge in [-0.15, -0.1) is 11.3 Å². The third-order valence-corrected chi connectivity index (χ3v) is 11.9. The summed E-state index contributed by atoms with van der Waals surface area (Å²) in [6, 6.07) is 17.2. The Balaban J connectivity index is 1.22. The van der Waals surface area contributed by atoms with Gasteiger partial charge in [0, 0.05) is 74.4 Å². The van der Waals surface area contributed by atoms with E-state index in [2.05, 4.69) is 58.2 Å². The molecule has 0 aliphatic carbocycles. The SMILES string of the molecule is CCS(=O)(=O)N1CCC(c2nc(-c3ccc(F)cc3)c(-c3ccnc(Nc4ccc(N5CCN(C(C)C)CC5)cc4)n3)s2)CC1. The first-order chi connectivity index (χ1) is 21.7. The Hall–Kier alpha value is -3.45. The highest BCUT2D eigenvalue weighted by atomic mass is 32.2. The molecular weight excluding hydrogens is 610 g/mol. The summed E-state index contributed by atoms with van der Waals surface area (Å²) in [6.45, 7) is 11.3. The maximum atomic E-state index is 13.8. The Morgan fingerprint density at radius 3 is 2.27 bits per heavy atom. The lowest BCUT2D eigenvalue weighted by Crippen LogP contribution is -2.48. The number of thiazole rings is 1. The summed E-state index contributed by atoms with van der Waals surface area (Å²) >= 11 is 1.57. The topological polar surface area (TPSA) is 94.6 Å². The number of nitrogens with zero attached hydrogens (tertiary/aromatic N) is 6. The quantitative estimate of drug-likeness (QED) is 0.229. The van der Waals surface area contributed by atoms with E-state index in [-0.39, 0.29) is 17.5 Å². The third-order valence-electron chi connectivity index (χ3n) is 8.74. The number of hydrogen-bond donors (Lipinski definition) is 1. The molecule has 0 radical (unpaired) electrons. The van der Waals surface area contributed by atoms with Crippen molar-refractivity contribution in [3.8, 4) is 21.8 Å². The zero-order valence-corrected chi connectivity index (χ0v) is 27.6. The number of piperazine rings is 1. The van der Waals surface area contributed by atoms with E-state index in [4.69, 9.17) is 9.97 Å². The number of piperidine rings is 1. The molecule has 2 aromatic heterocycles. The first-order valence-electron chi connectivity index (χ1n) is 15.6. The normalized spacial score (nSPS) is 17.2. The fourth-order valence-electron chi connectivity index (χ4n) is 5.98. The van der Waals surface area contributed by atoms with Crippen LogP contribution in [0.3, 0.4) is 0 Å². The molecule has 4 heterocycles. The van der Waals surface area contributed by atoms with E-state index >= 15 is 0 Å². The molecule has 2 aliphatic rings. The Bertz CT molecular complexity index is 1700. The summed E-state index contributed by atoms with van der Waals surface area (Å²) in [4.78, 5) is 20.2. The molecule has 4 aromatic rings. The summed E-state index contributed by atoms with van der Waals surface area (Å²) < 4.78 is 40.2. The minimum Gasteiger partial charge on any atom is -0.369 e. The lowest BCUT2D eigenvalue weighted by molar-refractivity contribution is 0.209. The van der Waals surface area contributed by atoms with Gasteiger partial charge in [0.15, 0.2) is 0 Å². The van der Waals surface area contributed by atoms with Gasteiger partial charge in [-0.3, -0.25) is 4.90 Å². The van der Waals surface area contributed by atoms with Crippen molar-refractivity contribution >= 4 is 38.7 Å². The van der Waals surface area contributed by atoms with Gasteiger partial charge in [-0.25, -0.2) is 32.1 Å². The maximum Gasteiger partial charge on any atom is 0.227 e. The fourth-order valence-corrected chi connectivity index (χ4v) is 8.34. The van der Waals surface area contributed by atoms with Crippen LogP contribution in [-0.4, -0.2) is 83.6 Å². The molecule has 0 amide bonds. The molecule has 12 heteroatoms. The van der Waals surface area contributed by atoms with Gasteiger partial charge in [0.1, 0.15) is 5.82 Å². The maximum absolute atomic E-state index is 13.8. The van der Waals surface area contributed by atoms with Crippen molar-refractivity contribution < 1.29 is 12.8 Å². The largest absolute Gasteiger partial charge is 0.369 e. The number of nitrogens with one attached hydrogen (secondary N) is 1. The van der Waals surface area contributed by atoms with Gasteiger partial charge in [0.2, 0.25) is 16.0 Å². The number of aromatic nitrogens is 3. The second-order valence-electron chi connectivity index (χ2n) is 11.9. The molecule has 0 atom stereocenters. The molecule has 0 spiro atoms. The summed E-state index contributed by atoms with van der Waals surface area (Å²) in [7, 11) is -3.21. The lowest BCUT2D eigenvalue weighted by Gasteiger charge is -2.38. The van der Waals surface area contributed by atoms with Gasteiger partial charge < -0.3 is 10.2 Å². The van der Waals surface area contributed by atoms with Crippen molar-refractivity contribution in [1.82, 2.24) is 24.2 Å². The molecule has 6 rings (SSSR count). The number of benzene rings is 2.